The summed E-state index contributed by atoms with van der Waals surface area (Å²) in [5, 5.41) is 6.99. The van der Waals surface area contributed by atoms with Gasteiger partial charge in [-0.2, -0.15) is 0 Å². The number of aromatic nitrogens is 2. The van der Waals surface area contributed by atoms with Crippen molar-refractivity contribution in [2.45, 2.75) is 45.2 Å². The number of anilines is 1. The molecule has 5 nitrogen and oxygen atoms in total. The van der Waals surface area contributed by atoms with Crippen LogP contribution in [0.25, 0.3) is 11.0 Å². The lowest BCUT2D eigenvalue weighted by atomic mass is 10.1. The van der Waals surface area contributed by atoms with Crippen LogP contribution in [0, 0.1) is 0 Å². The zero-order chi connectivity index (χ0) is 15.4. The largest absolute Gasteiger partial charge is 0.353 e. The Hall–Kier alpha value is -1.88. The molecule has 5 heteroatoms. The molecule has 1 saturated heterocycles. The Morgan fingerprint density at radius 1 is 1.36 bits per heavy atom. The molecule has 3 rings (SSSR count). The summed E-state index contributed by atoms with van der Waals surface area (Å²) in [5.41, 5.74) is 2.16. The number of ketones is 1. The van der Waals surface area contributed by atoms with Crippen LogP contribution in [0.3, 0.4) is 0 Å². The van der Waals surface area contributed by atoms with Crippen molar-refractivity contribution in [1.29, 1.82) is 0 Å². The molecule has 1 aliphatic heterocycles. The highest BCUT2D eigenvalue weighted by atomic mass is 16.1. The quantitative estimate of drug-likeness (QED) is 0.861. The van der Waals surface area contributed by atoms with E-state index in [4.69, 9.17) is 4.98 Å². The van der Waals surface area contributed by atoms with E-state index in [9.17, 15) is 4.79 Å². The number of nitrogens with one attached hydrogen (secondary N) is 2. The molecule has 0 atom stereocenters. The SMILES string of the molecule is CC(=O)CCCn1c(NC2CCNCC2)nc2ccccc21. The van der Waals surface area contributed by atoms with Gasteiger partial charge in [0.15, 0.2) is 0 Å². The molecular weight excluding hydrogens is 276 g/mol. The van der Waals surface area contributed by atoms with Crippen molar-refractivity contribution in [3.05, 3.63) is 24.3 Å². The maximum atomic E-state index is 11.2. The minimum absolute atomic E-state index is 0.247. The van der Waals surface area contributed by atoms with Gasteiger partial charge in [-0.25, -0.2) is 4.98 Å². The highest BCUT2D eigenvalue weighted by molar-refractivity contribution is 5.79. The molecule has 0 radical (unpaired) electrons. The minimum Gasteiger partial charge on any atom is -0.353 e. The van der Waals surface area contributed by atoms with Gasteiger partial charge in [-0.05, 0) is 51.4 Å². The van der Waals surface area contributed by atoms with E-state index in [-0.39, 0.29) is 5.78 Å². The van der Waals surface area contributed by atoms with Crippen LogP contribution in [0.5, 0.6) is 0 Å². The van der Waals surface area contributed by atoms with Gasteiger partial charge in [0.2, 0.25) is 5.95 Å². The van der Waals surface area contributed by atoms with Gasteiger partial charge in [-0.3, -0.25) is 0 Å². The van der Waals surface area contributed by atoms with E-state index in [0.717, 1.165) is 55.9 Å². The summed E-state index contributed by atoms with van der Waals surface area (Å²) in [5.74, 6) is 1.19. The van der Waals surface area contributed by atoms with Crippen molar-refractivity contribution in [2.24, 2.45) is 0 Å². The predicted octanol–water partition coefficient (Wildman–Crippen LogP) is 2.57. The summed E-state index contributed by atoms with van der Waals surface area (Å²) in [6, 6.07) is 8.68. The van der Waals surface area contributed by atoms with Crippen molar-refractivity contribution in [3.63, 3.8) is 0 Å². The van der Waals surface area contributed by atoms with Crippen LogP contribution in [0.2, 0.25) is 0 Å². The molecule has 0 bridgehead atoms. The first-order chi connectivity index (χ1) is 10.7. The van der Waals surface area contributed by atoms with Gasteiger partial charge < -0.3 is 20.0 Å². The first-order valence-electron chi connectivity index (χ1n) is 8.16. The topological polar surface area (TPSA) is 59.0 Å². The molecular formula is C17H24N4O. The van der Waals surface area contributed by atoms with Gasteiger partial charge in [0.05, 0.1) is 11.0 Å². The molecule has 22 heavy (non-hydrogen) atoms. The second-order valence-corrected chi connectivity index (χ2v) is 6.05. The van der Waals surface area contributed by atoms with Crippen molar-refractivity contribution in [2.75, 3.05) is 18.4 Å². The van der Waals surface area contributed by atoms with E-state index >= 15 is 0 Å². The van der Waals surface area contributed by atoms with Crippen LogP contribution in [-0.2, 0) is 11.3 Å². The van der Waals surface area contributed by atoms with E-state index < -0.39 is 0 Å². The number of carbonyl (C=O) groups excluding carboxylic acids is 1. The fraction of sp³-hybridized carbons (Fsp3) is 0.529. The number of hydrogen-bond acceptors (Lipinski definition) is 4. The molecule has 1 aromatic heterocycles. The standard InChI is InChI=1S/C17H24N4O/c1-13(22)5-4-12-21-16-7-3-2-6-15(16)20-17(21)19-14-8-10-18-11-9-14/h2-3,6-7,14,18H,4-5,8-12H2,1H3,(H,19,20). The minimum atomic E-state index is 0.247. The monoisotopic (exact) mass is 300 g/mol. The van der Waals surface area contributed by atoms with E-state index in [1.54, 1.807) is 6.92 Å². The fourth-order valence-electron chi connectivity index (χ4n) is 3.05. The smallest absolute Gasteiger partial charge is 0.204 e. The molecule has 0 aliphatic carbocycles. The van der Waals surface area contributed by atoms with Crippen LogP contribution >= 0.6 is 0 Å². The van der Waals surface area contributed by atoms with Crippen molar-refractivity contribution < 1.29 is 4.79 Å². The normalized spacial score (nSPS) is 16.0. The molecule has 2 heterocycles. The average molecular weight is 300 g/mol. The summed E-state index contributed by atoms with van der Waals surface area (Å²) >= 11 is 0. The Bertz CT molecular complexity index is 643. The summed E-state index contributed by atoms with van der Waals surface area (Å²) in [7, 11) is 0. The third-order valence-corrected chi connectivity index (χ3v) is 4.24. The second-order valence-electron chi connectivity index (χ2n) is 6.05. The average Bonchev–Trinajstić information content (AvgIpc) is 2.86. The van der Waals surface area contributed by atoms with Gasteiger partial charge in [-0.15, -0.1) is 0 Å². The van der Waals surface area contributed by atoms with E-state index in [0.29, 0.717) is 12.5 Å². The molecule has 0 amide bonds. The number of carbonyl (C=O) groups is 1. The van der Waals surface area contributed by atoms with E-state index in [1.165, 1.54) is 0 Å². The Morgan fingerprint density at radius 3 is 2.91 bits per heavy atom. The number of Topliss-reactive ketones (excluding diaryl/α,β-unsaturated/α-hetero) is 1. The summed E-state index contributed by atoms with van der Waals surface area (Å²) in [6.07, 6.45) is 3.73. The van der Waals surface area contributed by atoms with Crippen LogP contribution in [-0.4, -0.2) is 34.5 Å². The number of piperidine rings is 1. The molecule has 2 aromatic rings. The number of fused-ring (bicyclic) bond motifs is 1. The lowest BCUT2D eigenvalue weighted by Gasteiger charge is -2.24. The number of imidazole rings is 1. The Labute approximate surface area is 131 Å². The molecule has 118 valence electrons. The fourth-order valence-corrected chi connectivity index (χ4v) is 3.05. The maximum absolute atomic E-state index is 11.2. The maximum Gasteiger partial charge on any atom is 0.204 e. The number of hydrogen-bond donors (Lipinski definition) is 2. The van der Waals surface area contributed by atoms with Crippen LogP contribution in [0.4, 0.5) is 5.95 Å². The molecule has 0 saturated carbocycles. The zero-order valence-corrected chi connectivity index (χ0v) is 13.1. The predicted molar refractivity (Wildman–Crippen MR) is 89.2 cm³/mol. The number of nitrogens with zero attached hydrogens (tertiary/aromatic N) is 2. The number of benzene rings is 1. The first-order valence-corrected chi connectivity index (χ1v) is 8.16. The lowest BCUT2D eigenvalue weighted by Crippen LogP contribution is -2.36. The van der Waals surface area contributed by atoms with Gasteiger partial charge in [0.1, 0.15) is 5.78 Å². The molecule has 1 aliphatic rings. The summed E-state index contributed by atoms with van der Waals surface area (Å²) in [6.45, 7) is 4.60. The molecule has 1 fully saturated rings. The molecule has 0 unspecified atom stereocenters. The van der Waals surface area contributed by atoms with Gasteiger partial charge in [-0.1, -0.05) is 12.1 Å². The van der Waals surface area contributed by atoms with Crippen LogP contribution in [0.1, 0.15) is 32.6 Å². The number of aryl methyl sites for hydroxylation is 1. The van der Waals surface area contributed by atoms with Crippen LogP contribution in [0.15, 0.2) is 24.3 Å². The third-order valence-electron chi connectivity index (χ3n) is 4.24. The summed E-state index contributed by atoms with van der Waals surface area (Å²) < 4.78 is 2.22. The number of rotatable bonds is 6. The van der Waals surface area contributed by atoms with E-state index in [2.05, 4.69) is 21.3 Å². The van der Waals surface area contributed by atoms with Crippen molar-refractivity contribution >= 4 is 22.8 Å². The summed E-state index contributed by atoms with van der Waals surface area (Å²) in [4.78, 5) is 15.9. The lowest BCUT2D eigenvalue weighted by molar-refractivity contribution is -0.117. The van der Waals surface area contributed by atoms with Crippen molar-refractivity contribution in [3.8, 4) is 0 Å². The highest BCUT2D eigenvalue weighted by Gasteiger charge is 2.17. The third kappa shape index (κ3) is 3.47. The van der Waals surface area contributed by atoms with Crippen molar-refractivity contribution in [1.82, 2.24) is 14.9 Å². The Kier molecular flexibility index (Phi) is 4.73. The highest BCUT2D eigenvalue weighted by Crippen LogP contribution is 2.22. The van der Waals surface area contributed by atoms with Gasteiger partial charge in [0, 0.05) is 19.0 Å². The van der Waals surface area contributed by atoms with Crippen LogP contribution < -0.4 is 10.6 Å². The second kappa shape index (κ2) is 6.92. The first kappa shape index (κ1) is 15.0. The van der Waals surface area contributed by atoms with Gasteiger partial charge >= 0.3 is 0 Å². The Morgan fingerprint density at radius 2 is 2.14 bits per heavy atom. The molecule has 1 aromatic carbocycles. The van der Waals surface area contributed by atoms with Gasteiger partial charge in [0.25, 0.3) is 0 Å². The number of para-hydroxylation sites is 2. The zero-order valence-electron chi connectivity index (χ0n) is 13.1. The molecule has 0 spiro atoms. The molecule has 2 N–H and O–H groups in total. The van der Waals surface area contributed by atoms with E-state index in [1.807, 2.05) is 18.2 Å². The Balaban J connectivity index is 1.81.